The van der Waals surface area contributed by atoms with E-state index in [9.17, 15) is 8.78 Å². The molecular formula is C27H30F2O. The SMILES string of the molecule is CCCC1CCC(c2ccc(-c3ccc(OCC)c(F)c3F)c3ccccc23)CC1. The molecule has 3 heteroatoms. The first-order chi connectivity index (χ1) is 14.6. The molecule has 3 aromatic carbocycles. The van der Waals surface area contributed by atoms with Gasteiger partial charge in [-0.25, -0.2) is 4.39 Å². The standard InChI is InChI=1S/C27H30F2O/c1-3-7-18-10-12-19(13-11-18)20-14-15-23(22-9-6-5-8-21(20)22)24-16-17-25(30-4-2)27(29)26(24)28/h5-6,8-9,14-19H,3-4,7,10-13H2,1-2H3. The highest BCUT2D eigenvalue weighted by atomic mass is 19.2. The molecule has 1 saturated carbocycles. The first kappa shape index (κ1) is 20.8. The van der Waals surface area contributed by atoms with Crippen LogP contribution in [-0.4, -0.2) is 6.61 Å². The Balaban J connectivity index is 1.73. The summed E-state index contributed by atoms with van der Waals surface area (Å²) >= 11 is 0. The summed E-state index contributed by atoms with van der Waals surface area (Å²) in [5, 5.41) is 2.13. The fourth-order valence-corrected chi connectivity index (χ4v) is 5.09. The number of hydrogen-bond donors (Lipinski definition) is 0. The molecule has 3 aromatic rings. The van der Waals surface area contributed by atoms with Crippen LogP contribution in [0, 0.1) is 17.6 Å². The molecule has 0 atom stereocenters. The van der Waals surface area contributed by atoms with E-state index in [1.165, 1.54) is 50.2 Å². The van der Waals surface area contributed by atoms with Crippen molar-refractivity contribution in [1.29, 1.82) is 0 Å². The lowest BCUT2D eigenvalue weighted by Crippen LogP contribution is -2.13. The number of benzene rings is 3. The Labute approximate surface area is 178 Å². The smallest absolute Gasteiger partial charge is 0.201 e. The van der Waals surface area contributed by atoms with Crippen molar-refractivity contribution in [3.05, 3.63) is 65.7 Å². The van der Waals surface area contributed by atoms with Gasteiger partial charge >= 0.3 is 0 Å². The summed E-state index contributed by atoms with van der Waals surface area (Å²) in [6.07, 6.45) is 7.58. The first-order valence-electron chi connectivity index (χ1n) is 11.3. The fraction of sp³-hybridized carbons (Fsp3) is 0.407. The Morgan fingerprint density at radius 2 is 1.50 bits per heavy atom. The van der Waals surface area contributed by atoms with Crippen LogP contribution < -0.4 is 4.74 Å². The Morgan fingerprint density at radius 3 is 2.20 bits per heavy atom. The lowest BCUT2D eigenvalue weighted by atomic mass is 9.76. The van der Waals surface area contributed by atoms with Crippen molar-refractivity contribution >= 4 is 10.8 Å². The van der Waals surface area contributed by atoms with Gasteiger partial charge in [0, 0.05) is 5.56 Å². The van der Waals surface area contributed by atoms with Crippen molar-refractivity contribution in [3.8, 4) is 16.9 Å². The lowest BCUT2D eigenvalue weighted by Gasteiger charge is -2.29. The summed E-state index contributed by atoms with van der Waals surface area (Å²) in [5.74, 6) is -0.407. The first-order valence-corrected chi connectivity index (χ1v) is 11.3. The van der Waals surface area contributed by atoms with Crippen LogP contribution in [0.2, 0.25) is 0 Å². The van der Waals surface area contributed by atoms with E-state index in [0.717, 1.165) is 22.3 Å². The van der Waals surface area contributed by atoms with Crippen LogP contribution in [0.3, 0.4) is 0 Å². The van der Waals surface area contributed by atoms with Crippen molar-refractivity contribution in [2.45, 2.75) is 58.3 Å². The molecule has 0 aromatic heterocycles. The van der Waals surface area contributed by atoms with Crippen LogP contribution in [0.4, 0.5) is 8.78 Å². The number of rotatable bonds is 6. The maximum absolute atomic E-state index is 14.9. The zero-order valence-electron chi connectivity index (χ0n) is 17.9. The number of halogens is 2. The fourth-order valence-electron chi connectivity index (χ4n) is 5.09. The molecule has 0 amide bonds. The van der Waals surface area contributed by atoms with Gasteiger partial charge in [0.05, 0.1) is 6.61 Å². The topological polar surface area (TPSA) is 9.23 Å². The van der Waals surface area contributed by atoms with E-state index in [2.05, 4.69) is 19.1 Å². The van der Waals surface area contributed by atoms with Gasteiger partial charge in [0.2, 0.25) is 5.82 Å². The quantitative estimate of drug-likeness (QED) is 0.399. The highest BCUT2D eigenvalue weighted by Crippen LogP contribution is 2.42. The van der Waals surface area contributed by atoms with Gasteiger partial charge in [-0.15, -0.1) is 0 Å². The van der Waals surface area contributed by atoms with Gasteiger partial charge in [-0.05, 0) is 78.5 Å². The average Bonchev–Trinajstić information content (AvgIpc) is 2.78. The molecule has 30 heavy (non-hydrogen) atoms. The second kappa shape index (κ2) is 9.16. The molecular weight excluding hydrogens is 378 g/mol. The summed E-state index contributed by atoms with van der Waals surface area (Å²) in [6.45, 7) is 4.32. The number of ether oxygens (including phenoxy) is 1. The van der Waals surface area contributed by atoms with Crippen LogP contribution in [-0.2, 0) is 0 Å². The van der Waals surface area contributed by atoms with Crippen LogP contribution in [0.25, 0.3) is 21.9 Å². The predicted octanol–water partition coefficient (Wildman–Crippen LogP) is 8.26. The van der Waals surface area contributed by atoms with Gasteiger partial charge < -0.3 is 4.74 Å². The maximum Gasteiger partial charge on any atom is 0.201 e. The van der Waals surface area contributed by atoms with E-state index in [-0.39, 0.29) is 11.3 Å². The molecule has 0 aliphatic heterocycles. The highest BCUT2D eigenvalue weighted by Gasteiger charge is 2.24. The van der Waals surface area contributed by atoms with Crippen molar-refractivity contribution in [2.24, 2.45) is 5.92 Å². The molecule has 0 saturated heterocycles. The summed E-state index contributed by atoms with van der Waals surface area (Å²) in [7, 11) is 0. The minimum absolute atomic E-state index is 0.0384. The predicted molar refractivity (Wildman–Crippen MR) is 120 cm³/mol. The molecule has 1 nitrogen and oxygen atoms in total. The van der Waals surface area contributed by atoms with Crippen LogP contribution >= 0.6 is 0 Å². The second-order valence-electron chi connectivity index (χ2n) is 8.43. The second-order valence-corrected chi connectivity index (χ2v) is 8.43. The van der Waals surface area contributed by atoms with E-state index in [4.69, 9.17) is 4.74 Å². The third-order valence-corrected chi connectivity index (χ3v) is 6.58. The molecule has 1 aliphatic rings. The minimum atomic E-state index is -0.920. The molecule has 0 bridgehead atoms. The van der Waals surface area contributed by atoms with E-state index < -0.39 is 11.6 Å². The zero-order chi connectivity index (χ0) is 21.1. The van der Waals surface area contributed by atoms with Gasteiger partial charge in [-0.1, -0.05) is 56.2 Å². The van der Waals surface area contributed by atoms with E-state index in [1.54, 1.807) is 13.0 Å². The summed E-state index contributed by atoms with van der Waals surface area (Å²) in [6, 6.07) is 15.4. The van der Waals surface area contributed by atoms with Gasteiger partial charge in [0.25, 0.3) is 0 Å². The van der Waals surface area contributed by atoms with Crippen LogP contribution in [0.5, 0.6) is 5.75 Å². The third kappa shape index (κ3) is 3.95. The van der Waals surface area contributed by atoms with Crippen molar-refractivity contribution in [2.75, 3.05) is 6.61 Å². The van der Waals surface area contributed by atoms with E-state index in [1.807, 2.05) is 24.3 Å². The summed E-state index contributed by atoms with van der Waals surface area (Å²) in [5.41, 5.74) is 2.36. The van der Waals surface area contributed by atoms with Gasteiger partial charge in [-0.2, -0.15) is 4.39 Å². The third-order valence-electron chi connectivity index (χ3n) is 6.58. The molecule has 0 heterocycles. The molecule has 1 aliphatic carbocycles. The lowest BCUT2D eigenvalue weighted by molar-refractivity contribution is 0.309. The maximum atomic E-state index is 14.9. The van der Waals surface area contributed by atoms with Crippen LogP contribution in [0.15, 0.2) is 48.5 Å². The Hall–Kier alpha value is -2.42. The van der Waals surface area contributed by atoms with Gasteiger partial charge in [0.15, 0.2) is 11.6 Å². The van der Waals surface area contributed by atoms with Gasteiger partial charge in [-0.3, -0.25) is 0 Å². The number of hydrogen-bond acceptors (Lipinski definition) is 1. The monoisotopic (exact) mass is 408 g/mol. The van der Waals surface area contributed by atoms with E-state index in [0.29, 0.717) is 12.5 Å². The van der Waals surface area contributed by atoms with Crippen molar-refractivity contribution < 1.29 is 13.5 Å². The summed E-state index contributed by atoms with van der Waals surface area (Å²) < 4.78 is 34.6. The zero-order valence-corrected chi connectivity index (χ0v) is 17.9. The average molecular weight is 409 g/mol. The molecule has 158 valence electrons. The number of fused-ring (bicyclic) bond motifs is 1. The normalized spacial score (nSPS) is 19.2. The molecule has 0 N–H and O–H groups in total. The Kier molecular flexibility index (Phi) is 6.36. The molecule has 0 unspecified atom stereocenters. The minimum Gasteiger partial charge on any atom is -0.491 e. The molecule has 0 radical (unpaired) electrons. The highest BCUT2D eigenvalue weighted by molar-refractivity contribution is 5.99. The van der Waals surface area contributed by atoms with Gasteiger partial charge in [0.1, 0.15) is 0 Å². The Morgan fingerprint density at radius 1 is 0.800 bits per heavy atom. The largest absolute Gasteiger partial charge is 0.491 e. The summed E-state index contributed by atoms with van der Waals surface area (Å²) in [4.78, 5) is 0. The van der Waals surface area contributed by atoms with Crippen molar-refractivity contribution in [3.63, 3.8) is 0 Å². The molecule has 0 spiro atoms. The Bertz CT molecular complexity index is 1020. The molecule has 4 rings (SSSR count). The van der Waals surface area contributed by atoms with Crippen LogP contribution in [0.1, 0.15) is 63.9 Å². The van der Waals surface area contributed by atoms with Crippen molar-refractivity contribution in [1.82, 2.24) is 0 Å². The molecule has 1 fully saturated rings. The van der Waals surface area contributed by atoms with E-state index >= 15 is 0 Å².